The van der Waals surface area contributed by atoms with E-state index in [9.17, 15) is 24.3 Å². The molecule has 1 unspecified atom stereocenters. The summed E-state index contributed by atoms with van der Waals surface area (Å²) in [5.41, 5.74) is 5.39. The Morgan fingerprint density at radius 1 is 1.16 bits per heavy atom. The number of phenolic OH excluding ortho intramolecular Hbond substituents is 1. The monoisotopic (exact) mass is 795 g/mol. The number of H-pyrrole nitrogens is 1. The number of nitrogens with one attached hydrogen (secondary N) is 2. The van der Waals surface area contributed by atoms with Gasteiger partial charge in [-0.15, -0.1) is 11.8 Å². The predicted molar refractivity (Wildman–Crippen MR) is 206 cm³/mol. The summed E-state index contributed by atoms with van der Waals surface area (Å²) in [6.07, 6.45) is 1.08. The standard InChI is InChI=1S/C42H42FN5O8S/c1-18-10-21-11-26-27(13-44)48-28-14-53-15-29(50)42(41-23(8-9-45-42)24-12-22(43)6-7-25(24)46-41)16-57-40(34(48)33(47(26)4)30(21)35(51)36(18)52-5)32-31(28)39-38(54-17-55-39)19(2)37(32)56-20(3)49/h6-7,10,12,26-28,33-34,40,45-46,51H,8-9,11,14-17H2,1-5H3/t26-,27-,28-,33+,34?,40+,42-/m0/s1. The topological polar surface area (TPSA) is 159 Å². The van der Waals surface area contributed by atoms with Crippen LogP contribution in [0.5, 0.6) is 28.7 Å². The number of methoxy groups -OCH3 is 1. The fourth-order valence-electron chi connectivity index (χ4n) is 10.8. The number of ketones is 1. The van der Waals surface area contributed by atoms with Crippen LogP contribution in [0.3, 0.4) is 0 Å². The van der Waals surface area contributed by atoms with E-state index >= 15 is 0 Å². The minimum atomic E-state index is -1.28. The Bertz CT molecular complexity index is 2470. The number of aromatic amines is 1. The maximum atomic E-state index is 14.8. The Hall–Kier alpha value is -4.85. The number of carbonyl (C=O) groups is 2. The van der Waals surface area contributed by atoms with Gasteiger partial charge in [-0.05, 0) is 68.6 Å². The van der Waals surface area contributed by atoms with Crippen molar-refractivity contribution in [1.29, 1.82) is 5.26 Å². The number of nitrogens with zero attached hydrogens (tertiary/aromatic N) is 3. The lowest BCUT2D eigenvalue weighted by atomic mass is 9.71. The number of hydrogen-bond acceptors (Lipinski definition) is 13. The maximum Gasteiger partial charge on any atom is 0.308 e. The van der Waals surface area contributed by atoms with Crippen LogP contribution < -0.4 is 24.3 Å². The number of aromatic nitrogens is 1. The molecule has 2 saturated heterocycles. The smallest absolute Gasteiger partial charge is 0.308 e. The van der Waals surface area contributed by atoms with Crippen molar-refractivity contribution in [2.75, 3.05) is 46.5 Å². The molecule has 1 aromatic heterocycles. The van der Waals surface area contributed by atoms with Crippen molar-refractivity contribution >= 4 is 34.4 Å². The number of aryl methyl sites for hydroxylation is 1. The second-order valence-electron chi connectivity index (χ2n) is 15.9. The maximum absolute atomic E-state index is 14.8. The summed E-state index contributed by atoms with van der Waals surface area (Å²) in [5.74, 6) is 0.826. The zero-order chi connectivity index (χ0) is 39.7. The van der Waals surface area contributed by atoms with Crippen molar-refractivity contribution in [2.24, 2.45) is 0 Å². The molecule has 3 aromatic carbocycles. The lowest BCUT2D eigenvalue weighted by Gasteiger charge is -2.61. The summed E-state index contributed by atoms with van der Waals surface area (Å²) in [5, 5.41) is 27.1. The molecule has 0 amide bonds. The first-order valence-electron chi connectivity index (χ1n) is 19.2. The highest BCUT2D eigenvalue weighted by Gasteiger charge is 2.61. The van der Waals surface area contributed by atoms with Gasteiger partial charge >= 0.3 is 5.97 Å². The highest BCUT2D eigenvalue weighted by atomic mass is 32.2. The Morgan fingerprint density at radius 2 is 1.96 bits per heavy atom. The van der Waals surface area contributed by atoms with Crippen LogP contribution in [0.4, 0.5) is 4.39 Å². The summed E-state index contributed by atoms with van der Waals surface area (Å²) in [4.78, 5) is 35.7. The molecule has 296 valence electrons. The first-order valence-corrected chi connectivity index (χ1v) is 20.2. The molecule has 11 rings (SSSR count). The number of phenols is 1. The van der Waals surface area contributed by atoms with Gasteiger partial charge in [-0.25, -0.2) is 4.39 Å². The molecule has 13 nitrogen and oxygen atoms in total. The molecular weight excluding hydrogens is 754 g/mol. The lowest BCUT2D eigenvalue weighted by Crippen LogP contribution is -2.69. The lowest BCUT2D eigenvalue weighted by molar-refractivity contribution is -0.133. The normalized spacial score (nSPS) is 28.9. The van der Waals surface area contributed by atoms with Crippen molar-refractivity contribution < 1.29 is 42.8 Å². The van der Waals surface area contributed by atoms with E-state index in [1.807, 2.05) is 27.0 Å². The molecule has 7 aliphatic rings. The highest BCUT2D eigenvalue weighted by molar-refractivity contribution is 7.99. The van der Waals surface area contributed by atoms with Gasteiger partial charge < -0.3 is 33.8 Å². The number of piperazine rings is 1. The molecule has 0 saturated carbocycles. The average molecular weight is 796 g/mol. The van der Waals surface area contributed by atoms with Crippen LogP contribution in [0.25, 0.3) is 10.9 Å². The Labute approximate surface area is 332 Å². The SMILES string of the molecule is COc1c(C)cc2c(c1O)[C@@H]1C3[C@@H]4SC[C@]5(NCCc6c5[nH]c5ccc(F)cc65)C(=O)COC[C@@H](c5c6c(c(C)c(OC(C)=O)c54)OCO6)N3[C@@H](C#N)[C@H](C2)N1C. The number of benzene rings is 3. The van der Waals surface area contributed by atoms with Gasteiger partial charge in [0.25, 0.3) is 0 Å². The highest BCUT2D eigenvalue weighted by Crippen LogP contribution is 2.64. The zero-order valence-electron chi connectivity index (χ0n) is 32.2. The number of thioether (sulfide) groups is 1. The molecule has 2 fully saturated rings. The fraction of sp³-hybridized carbons (Fsp3) is 0.452. The van der Waals surface area contributed by atoms with E-state index in [-0.39, 0.29) is 49.2 Å². The van der Waals surface area contributed by atoms with Crippen LogP contribution in [0, 0.1) is 31.0 Å². The van der Waals surface area contributed by atoms with Gasteiger partial charge in [-0.3, -0.25) is 24.7 Å². The number of fused-ring (bicyclic) bond motifs is 12. The summed E-state index contributed by atoms with van der Waals surface area (Å²) in [6, 6.07) is 6.70. The molecule has 0 radical (unpaired) electrons. The minimum absolute atomic E-state index is 0.0107. The molecule has 0 aliphatic carbocycles. The van der Waals surface area contributed by atoms with E-state index in [0.717, 1.165) is 27.6 Å². The second-order valence-corrected chi connectivity index (χ2v) is 17.0. The van der Waals surface area contributed by atoms with E-state index in [1.165, 1.54) is 37.9 Å². The third-order valence-electron chi connectivity index (χ3n) is 13.1. The van der Waals surface area contributed by atoms with E-state index in [0.29, 0.717) is 70.3 Å². The number of Topliss-reactive ketones (excluding diaryl/α,β-unsaturated/α-hetero) is 1. The second kappa shape index (κ2) is 13.1. The van der Waals surface area contributed by atoms with Gasteiger partial charge in [-0.1, -0.05) is 6.07 Å². The Balaban J connectivity index is 1.26. The van der Waals surface area contributed by atoms with Gasteiger partial charge in [0.15, 0.2) is 28.8 Å². The molecule has 8 heterocycles. The van der Waals surface area contributed by atoms with Crippen LogP contribution in [0.1, 0.15) is 68.9 Å². The fourth-order valence-corrected chi connectivity index (χ4v) is 12.5. The van der Waals surface area contributed by atoms with Crippen LogP contribution in [0.15, 0.2) is 24.3 Å². The molecule has 7 atom stereocenters. The van der Waals surface area contributed by atoms with E-state index in [2.05, 4.69) is 26.2 Å². The number of carbonyl (C=O) groups excluding carboxylic acids is 2. The number of esters is 1. The van der Waals surface area contributed by atoms with Crippen molar-refractivity contribution in [3.8, 4) is 34.8 Å². The number of hydrogen-bond donors (Lipinski definition) is 3. The summed E-state index contributed by atoms with van der Waals surface area (Å²) < 4.78 is 45.5. The van der Waals surface area contributed by atoms with Gasteiger partial charge in [-0.2, -0.15) is 5.26 Å². The molecule has 4 bridgehead atoms. The first-order chi connectivity index (χ1) is 27.5. The largest absolute Gasteiger partial charge is 0.504 e. The minimum Gasteiger partial charge on any atom is -0.504 e. The summed E-state index contributed by atoms with van der Waals surface area (Å²) in [7, 11) is 3.53. The molecule has 1 spiro atoms. The van der Waals surface area contributed by atoms with Crippen LogP contribution >= 0.6 is 11.8 Å². The molecule has 4 aromatic rings. The zero-order valence-corrected chi connectivity index (χ0v) is 33.0. The van der Waals surface area contributed by atoms with Crippen LogP contribution in [-0.2, 0) is 32.7 Å². The van der Waals surface area contributed by atoms with Crippen molar-refractivity contribution in [3.63, 3.8) is 0 Å². The Kier molecular flexibility index (Phi) is 8.38. The summed E-state index contributed by atoms with van der Waals surface area (Å²) in [6.45, 7) is 5.24. The number of nitriles is 1. The molecule has 7 aliphatic heterocycles. The number of ether oxygens (including phenoxy) is 5. The quantitative estimate of drug-likeness (QED) is 0.185. The molecule has 15 heteroatoms. The van der Waals surface area contributed by atoms with Crippen molar-refractivity contribution in [3.05, 3.63) is 74.7 Å². The summed E-state index contributed by atoms with van der Waals surface area (Å²) >= 11 is 1.52. The Morgan fingerprint density at radius 3 is 2.74 bits per heavy atom. The van der Waals surface area contributed by atoms with Crippen LogP contribution in [-0.4, -0.2) is 96.2 Å². The average Bonchev–Trinajstić information content (AvgIpc) is 3.81. The van der Waals surface area contributed by atoms with Gasteiger partial charge in [0.1, 0.15) is 29.8 Å². The van der Waals surface area contributed by atoms with E-state index in [1.54, 1.807) is 6.07 Å². The van der Waals surface area contributed by atoms with Gasteiger partial charge in [0.2, 0.25) is 6.79 Å². The molecule has 3 N–H and O–H groups in total. The van der Waals surface area contributed by atoms with E-state index < -0.39 is 40.9 Å². The third-order valence-corrected chi connectivity index (χ3v) is 14.6. The molecule has 57 heavy (non-hydrogen) atoms. The number of likely N-dealkylation sites (N-methyl/N-ethyl adjacent to an activating group) is 1. The van der Waals surface area contributed by atoms with Crippen LogP contribution in [0.2, 0.25) is 0 Å². The van der Waals surface area contributed by atoms with Gasteiger partial charge in [0, 0.05) is 70.2 Å². The van der Waals surface area contributed by atoms with Crippen molar-refractivity contribution in [2.45, 2.75) is 74.6 Å². The number of rotatable bonds is 2. The predicted octanol–water partition coefficient (Wildman–Crippen LogP) is 4.94. The first kappa shape index (κ1) is 36.5. The third kappa shape index (κ3) is 5.00. The number of halogens is 1. The van der Waals surface area contributed by atoms with E-state index in [4.69, 9.17) is 23.7 Å². The number of aromatic hydroxyl groups is 1. The van der Waals surface area contributed by atoms with Gasteiger partial charge in [0.05, 0.1) is 37.1 Å². The van der Waals surface area contributed by atoms with Crippen molar-refractivity contribution in [1.82, 2.24) is 20.1 Å². The molecular formula is C42H42FN5O8S.